The van der Waals surface area contributed by atoms with Crippen LogP contribution in [0.15, 0.2) is 27.6 Å². The van der Waals surface area contributed by atoms with Gasteiger partial charge < -0.3 is 5.11 Å². The van der Waals surface area contributed by atoms with Gasteiger partial charge in [-0.3, -0.25) is 0 Å². The second-order valence-corrected chi connectivity index (χ2v) is 7.75. The van der Waals surface area contributed by atoms with Crippen LogP contribution in [0.25, 0.3) is 0 Å². The number of halogens is 1. The largest absolute Gasteiger partial charge is 0.396 e. The van der Waals surface area contributed by atoms with Crippen molar-refractivity contribution in [2.45, 2.75) is 24.7 Å². The molecule has 1 fully saturated rings. The fourth-order valence-corrected chi connectivity index (χ4v) is 5.06. The van der Waals surface area contributed by atoms with Gasteiger partial charge in [-0.15, -0.1) is 0 Å². The van der Waals surface area contributed by atoms with Crippen molar-refractivity contribution in [2.24, 2.45) is 5.92 Å². The minimum Gasteiger partial charge on any atom is -0.396 e. The van der Waals surface area contributed by atoms with E-state index >= 15 is 0 Å². The molecule has 6 heteroatoms. The fourth-order valence-electron chi connectivity index (χ4n) is 2.35. The van der Waals surface area contributed by atoms with Crippen LogP contribution in [0, 0.1) is 12.8 Å². The van der Waals surface area contributed by atoms with Crippen LogP contribution in [-0.2, 0) is 10.0 Å². The summed E-state index contributed by atoms with van der Waals surface area (Å²) in [6.07, 6.45) is 1.69. The van der Waals surface area contributed by atoms with Gasteiger partial charge in [0.05, 0.1) is 4.90 Å². The molecular weight excluding hydrogens is 330 g/mol. The van der Waals surface area contributed by atoms with E-state index in [0.717, 1.165) is 18.4 Å². The highest BCUT2D eigenvalue weighted by Gasteiger charge is 2.31. The van der Waals surface area contributed by atoms with Gasteiger partial charge in [0, 0.05) is 24.2 Å². The Labute approximate surface area is 122 Å². The Morgan fingerprint density at radius 3 is 2.84 bits per heavy atom. The van der Waals surface area contributed by atoms with Crippen LogP contribution >= 0.6 is 15.9 Å². The van der Waals surface area contributed by atoms with Crippen molar-refractivity contribution in [3.05, 3.63) is 28.2 Å². The maximum absolute atomic E-state index is 12.6. The number of piperidine rings is 1. The topological polar surface area (TPSA) is 57.6 Å². The van der Waals surface area contributed by atoms with Gasteiger partial charge in [0.2, 0.25) is 10.0 Å². The number of aliphatic hydroxyl groups is 1. The van der Waals surface area contributed by atoms with Gasteiger partial charge >= 0.3 is 0 Å². The molecule has 1 atom stereocenters. The van der Waals surface area contributed by atoms with Crippen molar-refractivity contribution in [1.29, 1.82) is 0 Å². The van der Waals surface area contributed by atoms with Crippen LogP contribution in [-0.4, -0.2) is 37.5 Å². The molecule has 1 aromatic rings. The third-order valence-corrected chi connectivity index (χ3v) is 6.29. The van der Waals surface area contributed by atoms with Gasteiger partial charge in [-0.05, 0) is 59.3 Å². The molecule has 1 aliphatic rings. The second-order valence-electron chi connectivity index (χ2n) is 4.99. The first-order valence-corrected chi connectivity index (χ1v) is 8.55. The number of sulfonamides is 1. The summed E-state index contributed by atoms with van der Waals surface area (Å²) in [6, 6.07) is 5.24. The highest BCUT2D eigenvalue weighted by Crippen LogP contribution is 2.29. The van der Waals surface area contributed by atoms with Gasteiger partial charge in [-0.2, -0.15) is 4.31 Å². The molecule has 4 nitrogen and oxygen atoms in total. The molecular formula is C13H18BrNO3S. The van der Waals surface area contributed by atoms with Crippen molar-refractivity contribution in [3.63, 3.8) is 0 Å². The number of hydrogen-bond donors (Lipinski definition) is 1. The lowest BCUT2D eigenvalue weighted by Gasteiger charge is -2.31. The lowest BCUT2D eigenvalue weighted by Crippen LogP contribution is -2.41. The molecule has 1 unspecified atom stereocenters. The predicted octanol–water partition coefficient (Wildman–Crippen LogP) is 2.15. The SMILES string of the molecule is Cc1ccc(S(=O)(=O)N2CCCC(CO)C2)c(Br)c1. The van der Waals surface area contributed by atoms with Gasteiger partial charge in [-0.1, -0.05) is 6.07 Å². The molecule has 0 spiro atoms. The lowest BCUT2D eigenvalue weighted by molar-refractivity contribution is 0.165. The summed E-state index contributed by atoms with van der Waals surface area (Å²) in [5, 5.41) is 9.21. The normalized spacial score (nSPS) is 21.5. The van der Waals surface area contributed by atoms with E-state index in [2.05, 4.69) is 15.9 Å². The predicted molar refractivity (Wildman–Crippen MR) is 77.4 cm³/mol. The van der Waals surface area contributed by atoms with Gasteiger partial charge in [0.15, 0.2) is 0 Å². The number of nitrogens with zero attached hydrogens (tertiary/aromatic N) is 1. The summed E-state index contributed by atoms with van der Waals surface area (Å²) in [4.78, 5) is 0.302. The van der Waals surface area contributed by atoms with Gasteiger partial charge in [-0.25, -0.2) is 8.42 Å². The van der Waals surface area contributed by atoms with Gasteiger partial charge in [0.25, 0.3) is 0 Å². The fraction of sp³-hybridized carbons (Fsp3) is 0.538. The molecule has 1 aromatic carbocycles. The van der Waals surface area contributed by atoms with Crippen LogP contribution < -0.4 is 0 Å². The minimum absolute atomic E-state index is 0.0427. The smallest absolute Gasteiger partial charge is 0.244 e. The van der Waals surface area contributed by atoms with E-state index in [4.69, 9.17) is 0 Å². The van der Waals surface area contributed by atoms with E-state index in [1.165, 1.54) is 4.31 Å². The van der Waals surface area contributed by atoms with E-state index in [9.17, 15) is 13.5 Å². The average molecular weight is 348 g/mol. The standard InChI is InChI=1S/C13H18BrNO3S/c1-10-4-5-13(12(14)7-10)19(17,18)15-6-2-3-11(8-15)9-16/h4-5,7,11,16H,2-3,6,8-9H2,1H3. The van der Waals surface area contributed by atoms with E-state index in [0.29, 0.717) is 22.5 Å². The second kappa shape index (κ2) is 5.91. The summed E-state index contributed by atoms with van der Waals surface area (Å²) in [6.45, 7) is 2.89. The molecule has 0 aromatic heterocycles. The number of aliphatic hydroxyl groups excluding tert-OH is 1. The van der Waals surface area contributed by atoms with E-state index < -0.39 is 10.0 Å². The Morgan fingerprint density at radius 2 is 2.21 bits per heavy atom. The molecule has 2 rings (SSSR count). The zero-order chi connectivity index (χ0) is 14.0. The Hall–Kier alpha value is -0.430. The Kier molecular flexibility index (Phi) is 4.66. The first-order valence-electron chi connectivity index (χ1n) is 6.32. The van der Waals surface area contributed by atoms with E-state index in [-0.39, 0.29) is 12.5 Å². The molecule has 0 saturated carbocycles. The summed E-state index contributed by atoms with van der Waals surface area (Å²) in [5.74, 6) is 0.0488. The molecule has 0 aliphatic carbocycles. The molecule has 1 saturated heterocycles. The zero-order valence-corrected chi connectivity index (χ0v) is 13.2. The molecule has 1 heterocycles. The van der Waals surface area contributed by atoms with Crippen LogP contribution in [0.3, 0.4) is 0 Å². The Morgan fingerprint density at radius 1 is 1.47 bits per heavy atom. The number of aryl methyl sites for hydroxylation is 1. The van der Waals surface area contributed by atoms with E-state index in [1.54, 1.807) is 18.2 Å². The third-order valence-electron chi connectivity index (χ3n) is 3.45. The Balaban J connectivity index is 2.31. The monoisotopic (exact) mass is 347 g/mol. The molecule has 106 valence electrons. The van der Waals surface area contributed by atoms with Crippen molar-refractivity contribution in [1.82, 2.24) is 4.31 Å². The zero-order valence-electron chi connectivity index (χ0n) is 10.8. The minimum atomic E-state index is -3.48. The maximum atomic E-state index is 12.6. The lowest BCUT2D eigenvalue weighted by atomic mass is 10.0. The van der Waals surface area contributed by atoms with Crippen LogP contribution in [0.1, 0.15) is 18.4 Å². The number of rotatable bonds is 3. The molecule has 0 radical (unpaired) electrons. The number of hydrogen-bond acceptors (Lipinski definition) is 3. The first-order chi connectivity index (χ1) is 8.95. The molecule has 19 heavy (non-hydrogen) atoms. The average Bonchev–Trinajstić information content (AvgIpc) is 2.38. The van der Waals surface area contributed by atoms with Crippen LogP contribution in [0.4, 0.5) is 0 Å². The quantitative estimate of drug-likeness (QED) is 0.911. The number of benzene rings is 1. The summed E-state index contributed by atoms with van der Waals surface area (Å²) in [7, 11) is -3.48. The van der Waals surface area contributed by atoms with Crippen molar-refractivity contribution >= 4 is 26.0 Å². The van der Waals surface area contributed by atoms with E-state index in [1.807, 2.05) is 6.92 Å². The molecule has 1 aliphatic heterocycles. The third kappa shape index (κ3) is 3.18. The van der Waals surface area contributed by atoms with Gasteiger partial charge in [0.1, 0.15) is 0 Å². The van der Waals surface area contributed by atoms with Crippen molar-refractivity contribution in [2.75, 3.05) is 19.7 Å². The Bertz CT molecular complexity index is 559. The van der Waals surface area contributed by atoms with Crippen LogP contribution in [0.5, 0.6) is 0 Å². The summed E-state index contributed by atoms with van der Waals surface area (Å²) < 4.78 is 27.3. The summed E-state index contributed by atoms with van der Waals surface area (Å²) >= 11 is 3.33. The molecule has 0 amide bonds. The summed E-state index contributed by atoms with van der Waals surface area (Å²) in [5.41, 5.74) is 1.01. The first kappa shape index (κ1) is 15.0. The highest BCUT2D eigenvalue weighted by atomic mass is 79.9. The van der Waals surface area contributed by atoms with Crippen molar-refractivity contribution in [3.8, 4) is 0 Å². The highest BCUT2D eigenvalue weighted by molar-refractivity contribution is 9.10. The molecule has 1 N–H and O–H groups in total. The maximum Gasteiger partial charge on any atom is 0.244 e. The van der Waals surface area contributed by atoms with Crippen LogP contribution in [0.2, 0.25) is 0 Å². The molecule has 0 bridgehead atoms. The van der Waals surface area contributed by atoms with Crippen molar-refractivity contribution < 1.29 is 13.5 Å².